The SMILES string of the molecule is Cc1ccc(S(=O)(=O)Nc2ccc(CNC(C)C)c(S(=O)(=O)O)c2)cc1. The summed E-state index contributed by atoms with van der Waals surface area (Å²) in [5, 5.41) is 3.06. The Labute approximate surface area is 154 Å². The van der Waals surface area contributed by atoms with E-state index in [1.54, 1.807) is 12.1 Å². The average Bonchev–Trinajstić information content (AvgIpc) is 2.52. The zero-order valence-corrected chi connectivity index (χ0v) is 16.4. The van der Waals surface area contributed by atoms with E-state index in [1.807, 2.05) is 20.8 Å². The first-order chi connectivity index (χ1) is 12.0. The largest absolute Gasteiger partial charge is 0.310 e. The number of anilines is 1. The van der Waals surface area contributed by atoms with E-state index < -0.39 is 20.1 Å². The van der Waals surface area contributed by atoms with Crippen LogP contribution in [-0.4, -0.2) is 27.4 Å². The van der Waals surface area contributed by atoms with Crippen molar-refractivity contribution < 1.29 is 21.4 Å². The van der Waals surface area contributed by atoms with Gasteiger partial charge in [-0.15, -0.1) is 0 Å². The minimum atomic E-state index is -4.50. The molecule has 26 heavy (non-hydrogen) atoms. The minimum Gasteiger partial charge on any atom is -0.310 e. The lowest BCUT2D eigenvalue weighted by molar-refractivity contribution is 0.480. The fourth-order valence-corrected chi connectivity index (χ4v) is 4.05. The second-order valence-corrected chi connectivity index (χ2v) is 9.32. The molecule has 0 unspecified atom stereocenters. The van der Waals surface area contributed by atoms with Gasteiger partial charge in [-0.2, -0.15) is 8.42 Å². The molecule has 0 fully saturated rings. The van der Waals surface area contributed by atoms with Crippen molar-refractivity contribution in [1.29, 1.82) is 0 Å². The summed E-state index contributed by atoms with van der Waals surface area (Å²) in [6, 6.07) is 10.4. The van der Waals surface area contributed by atoms with E-state index in [0.29, 0.717) is 5.56 Å². The second-order valence-electron chi connectivity index (χ2n) is 6.25. The van der Waals surface area contributed by atoms with Gasteiger partial charge in [-0.25, -0.2) is 8.42 Å². The molecule has 0 saturated carbocycles. The smallest absolute Gasteiger partial charge is 0.294 e. The fraction of sp³-hybridized carbons (Fsp3) is 0.294. The first-order valence-corrected chi connectivity index (χ1v) is 10.8. The molecule has 0 amide bonds. The van der Waals surface area contributed by atoms with E-state index in [1.165, 1.54) is 24.3 Å². The van der Waals surface area contributed by atoms with Crippen molar-refractivity contribution in [3.05, 3.63) is 53.6 Å². The second kappa shape index (κ2) is 7.75. The molecule has 0 radical (unpaired) electrons. The third kappa shape index (κ3) is 5.28. The molecule has 0 aromatic heterocycles. The molecular weight excluding hydrogens is 376 g/mol. The van der Waals surface area contributed by atoms with Gasteiger partial charge in [-0.05, 0) is 36.8 Å². The predicted octanol–water partition coefficient (Wildman–Crippen LogP) is 2.54. The number of nitrogens with one attached hydrogen (secondary N) is 2. The molecule has 7 nitrogen and oxygen atoms in total. The topological polar surface area (TPSA) is 113 Å². The Hall–Kier alpha value is -1.94. The monoisotopic (exact) mass is 398 g/mol. The number of hydrogen-bond acceptors (Lipinski definition) is 5. The molecule has 9 heteroatoms. The zero-order chi connectivity index (χ0) is 19.5. The number of benzene rings is 2. The van der Waals surface area contributed by atoms with Crippen LogP contribution in [-0.2, 0) is 26.7 Å². The van der Waals surface area contributed by atoms with Crippen molar-refractivity contribution in [2.24, 2.45) is 0 Å². The maximum Gasteiger partial charge on any atom is 0.294 e. The van der Waals surface area contributed by atoms with Crippen LogP contribution in [0.25, 0.3) is 0 Å². The summed E-state index contributed by atoms with van der Waals surface area (Å²) >= 11 is 0. The van der Waals surface area contributed by atoms with E-state index >= 15 is 0 Å². The molecule has 142 valence electrons. The van der Waals surface area contributed by atoms with E-state index in [4.69, 9.17) is 0 Å². The third-order valence-electron chi connectivity index (χ3n) is 3.63. The molecule has 3 N–H and O–H groups in total. The molecule has 2 aromatic carbocycles. The van der Waals surface area contributed by atoms with E-state index in [0.717, 1.165) is 11.6 Å². The van der Waals surface area contributed by atoms with Gasteiger partial charge >= 0.3 is 0 Å². The molecule has 0 aliphatic carbocycles. The lowest BCUT2D eigenvalue weighted by atomic mass is 10.2. The van der Waals surface area contributed by atoms with Crippen LogP contribution >= 0.6 is 0 Å². The summed E-state index contributed by atoms with van der Waals surface area (Å²) in [7, 11) is -8.38. The van der Waals surface area contributed by atoms with Crippen molar-refractivity contribution in [1.82, 2.24) is 5.32 Å². The molecule has 0 bridgehead atoms. The number of aryl methyl sites for hydroxylation is 1. The Morgan fingerprint density at radius 1 is 1.00 bits per heavy atom. The van der Waals surface area contributed by atoms with Crippen LogP contribution in [0.4, 0.5) is 5.69 Å². The summed E-state index contributed by atoms with van der Waals surface area (Å²) in [6.07, 6.45) is 0. The highest BCUT2D eigenvalue weighted by Gasteiger charge is 2.19. The Morgan fingerprint density at radius 2 is 1.62 bits per heavy atom. The normalized spacial score (nSPS) is 12.3. The molecular formula is C17H22N2O5S2. The van der Waals surface area contributed by atoms with Crippen LogP contribution in [0.1, 0.15) is 25.0 Å². The minimum absolute atomic E-state index is 0.0477. The molecule has 2 aromatic rings. The lowest BCUT2D eigenvalue weighted by Crippen LogP contribution is -2.23. The standard InChI is InChI=1S/C17H22N2O5S2/c1-12(2)18-11-14-6-7-15(10-17(14)26(22,23)24)19-25(20,21)16-8-4-13(3)5-9-16/h4-10,12,18-19H,11H2,1-3H3,(H,22,23,24). The number of hydrogen-bond donors (Lipinski definition) is 3. The highest BCUT2D eigenvalue weighted by molar-refractivity contribution is 7.92. The van der Waals surface area contributed by atoms with Gasteiger partial charge in [-0.1, -0.05) is 37.6 Å². The van der Waals surface area contributed by atoms with Crippen LogP contribution in [0.5, 0.6) is 0 Å². The maximum absolute atomic E-state index is 12.4. The van der Waals surface area contributed by atoms with Crippen molar-refractivity contribution >= 4 is 25.8 Å². The number of rotatable bonds is 7. The van der Waals surface area contributed by atoms with Crippen molar-refractivity contribution in [3.8, 4) is 0 Å². The highest BCUT2D eigenvalue weighted by atomic mass is 32.2. The van der Waals surface area contributed by atoms with Gasteiger partial charge in [0, 0.05) is 12.6 Å². The maximum atomic E-state index is 12.4. The van der Waals surface area contributed by atoms with Gasteiger partial charge < -0.3 is 5.32 Å². The van der Waals surface area contributed by atoms with Gasteiger partial charge in [0.25, 0.3) is 20.1 Å². The summed E-state index contributed by atoms with van der Waals surface area (Å²) < 4.78 is 60.0. The predicted molar refractivity (Wildman–Crippen MR) is 100 cm³/mol. The van der Waals surface area contributed by atoms with E-state index in [2.05, 4.69) is 10.0 Å². The summed E-state index contributed by atoms with van der Waals surface area (Å²) in [5.74, 6) is 0. The van der Waals surface area contributed by atoms with Crippen molar-refractivity contribution in [2.45, 2.75) is 43.1 Å². The average molecular weight is 399 g/mol. The van der Waals surface area contributed by atoms with E-state index in [9.17, 15) is 21.4 Å². The first-order valence-electron chi connectivity index (χ1n) is 7.92. The lowest BCUT2D eigenvalue weighted by Gasteiger charge is -2.14. The summed E-state index contributed by atoms with van der Waals surface area (Å²) in [4.78, 5) is -0.281. The zero-order valence-electron chi connectivity index (χ0n) is 14.7. The molecule has 0 aliphatic rings. The Bertz CT molecular complexity index is 982. The Balaban J connectivity index is 2.37. The fourth-order valence-electron chi connectivity index (χ4n) is 2.25. The van der Waals surface area contributed by atoms with Gasteiger partial charge in [0.05, 0.1) is 10.6 Å². The number of sulfonamides is 1. The first kappa shape index (κ1) is 20.4. The molecule has 0 atom stereocenters. The van der Waals surface area contributed by atoms with Gasteiger partial charge in [0.1, 0.15) is 4.90 Å². The Kier molecular flexibility index (Phi) is 6.07. The quantitative estimate of drug-likeness (QED) is 0.618. The van der Waals surface area contributed by atoms with Crippen LogP contribution in [0.3, 0.4) is 0 Å². The van der Waals surface area contributed by atoms with Crippen LogP contribution in [0, 0.1) is 6.92 Å². The molecule has 2 rings (SSSR count). The van der Waals surface area contributed by atoms with Crippen LogP contribution in [0.15, 0.2) is 52.3 Å². The van der Waals surface area contributed by atoms with Crippen molar-refractivity contribution in [3.63, 3.8) is 0 Å². The van der Waals surface area contributed by atoms with Gasteiger partial charge in [0.2, 0.25) is 0 Å². The highest BCUT2D eigenvalue weighted by Crippen LogP contribution is 2.23. The van der Waals surface area contributed by atoms with Gasteiger partial charge in [-0.3, -0.25) is 9.27 Å². The molecule has 0 heterocycles. The Morgan fingerprint density at radius 3 is 2.15 bits per heavy atom. The van der Waals surface area contributed by atoms with Gasteiger partial charge in [0.15, 0.2) is 0 Å². The van der Waals surface area contributed by atoms with Crippen LogP contribution in [0.2, 0.25) is 0 Å². The molecule has 0 aliphatic heterocycles. The summed E-state index contributed by atoms with van der Waals surface area (Å²) in [6.45, 7) is 5.86. The molecule has 0 saturated heterocycles. The van der Waals surface area contributed by atoms with E-state index in [-0.39, 0.29) is 28.1 Å². The van der Waals surface area contributed by atoms with Crippen LogP contribution < -0.4 is 10.0 Å². The summed E-state index contributed by atoms with van der Waals surface area (Å²) in [5.41, 5.74) is 1.31. The van der Waals surface area contributed by atoms with Crippen molar-refractivity contribution in [2.75, 3.05) is 4.72 Å². The molecule has 0 spiro atoms. The third-order valence-corrected chi connectivity index (χ3v) is 5.96.